The minimum absolute atomic E-state index is 0.0319. The van der Waals surface area contributed by atoms with Gasteiger partial charge in [-0.15, -0.1) is 11.3 Å². The van der Waals surface area contributed by atoms with Crippen LogP contribution in [-0.4, -0.2) is 53.5 Å². The lowest BCUT2D eigenvalue weighted by Gasteiger charge is -2.35. The van der Waals surface area contributed by atoms with Crippen LogP contribution < -0.4 is 10.2 Å². The van der Waals surface area contributed by atoms with E-state index in [2.05, 4.69) is 38.1 Å². The Kier molecular flexibility index (Phi) is 5.31. The zero-order chi connectivity index (χ0) is 18.6. The zero-order valence-electron chi connectivity index (χ0n) is 15.4. The van der Waals surface area contributed by atoms with Gasteiger partial charge < -0.3 is 10.2 Å². The van der Waals surface area contributed by atoms with Gasteiger partial charge in [-0.05, 0) is 24.6 Å². The van der Waals surface area contributed by atoms with Gasteiger partial charge in [-0.2, -0.15) is 0 Å². The molecule has 3 heterocycles. The molecule has 2 aromatic heterocycles. The van der Waals surface area contributed by atoms with Crippen molar-refractivity contribution in [1.29, 1.82) is 0 Å². The molecule has 1 saturated heterocycles. The molecule has 1 aromatic carbocycles. The number of para-hydroxylation sites is 1. The average molecular weight is 382 g/mol. The van der Waals surface area contributed by atoms with Gasteiger partial charge in [0.05, 0.1) is 11.9 Å². The quantitative estimate of drug-likeness (QED) is 0.736. The summed E-state index contributed by atoms with van der Waals surface area (Å²) in [5, 5.41) is 4.10. The molecule has 140 valence electrons. The van der Waals surface area contributed by atoms with Gasteiger partial charge in [-0.1, -0.05) is 25.1 Å². The SMILES string of the molecule is CCc1cc2c(N3CCN(CC(=O)Nc4ccccc4)CC3)ncnc2s1. The molecule has 0 atom stereocenters. The number of anilines is 2. The highest BCUT2D eigenvalue weighted by atomic mass is 32.1. The molecule has 0 radical (unpaired) electrons. The van der Waals surface area contributed by atoms with Gasteiger partial charge in [-0.3, -0.25) is 9.69 Å². The number of carbonyl (C=O) groups is 1. The maximum Gasteiger partial charge on any atom is 0.238 e. The number of amides is 1. The molecular weight excluding hydrogens is 358 g/mol. The van der Waals surface area contributed by atoms with Crippen LogP contribution in [0.1, 0.15) is 11.8 Å². The van der Waals surface area contributed by atoms with E-state index < -0.39 is 0 Å². The first-order valence-electron chi connectivity index (χ1n) is 9.28. The third kappa shape index (κ3) is 4.09. The number of nitrogens with zero attached hydrogens (tertiary/aromatic N) is 4. The smallest absolute Gasteiger partial charge is 0.238 e. The van der Waals surface area contributed by atoms with Crippen molar-refractivity contribution in [3.8, 4) is 0 Å². The minimum atomic E-state index is 0.0319. The van der Waals surface area contributed by atoms with Crippen molar-refractivity contribution in [2.75, 3.05) is 42.9 Å². The molecule has 1 amide bonds. The standard InChI is InChI=1S/C20H23N5OS/c1-2-16-12-17-19(21-14-22-20(17)27-16)25-10-8-24(9-11-25)13-18(26)23-15-6-4-3-5-7-15/h3-7,12,14H,2,8-11,13H2,1H3,(H,23,26). The predicted molar refractivity (Wildman–Crippen MR) is 111 cm³/mol. The summed E-state index contributed by atoms with van der Waals surface area (Å²) in [5.41, 5.74) is 0.841. The molecule has 3 aromatic rings. The Hall–Kier alpha value is -2.51. The Balaban J connectivity index is 1.36. The Morgan fingerprint density at radius 1 is 1.15 bits per heavy atom. The molecule has 0 bridgehead atoms. The predicted octanol–water partition coefficient (Wildman–Crippen LogP) is 3.01. The fourth-order valence-corrected chi connectivity index (χ4v) is 4.29. The highest BCUT2D eigenvalue weighted by molar-refractivity contribution is 7.18. The number of piperazine rings is 1. The largest absolute Gasteiger partial charge is 0.353 e. The number of hydrogen-bond acceptors (Lipinski definition) is 6. The summed E-state index contributed by atoms with van der Waals surface area (Å²) in [5.74, 6) is 1.05. The van der Waals surface area contributed by atoms with Crippen LogP contribution in [0.2, 0.25) is 0 Å². The molecule has 0 spiro atoms. The van der Waals surface area contributed by atoms with Crippen molar-refractivity contribution in [2.45, 2.75) is 13.3 Å². The number of aryl methyl sites for hydroxylation is 1. The van der Waals surface area contributed by atoms with E-state index in [-0.39, 0.29) is 5.91 Å². The molecule has 27 heavy (non-hydrogen) atoms. The van der Waals surface area contributed by atoms with Crippen LogP contribution in [0, 0.1) is 0 Å². The third-order valence-corrected chi connectivity index (χ3v) is 5.99. The Morgan fingerprint density at radius 2 is 1.93 bits per heavy atom. The average Bonchev–Trinajstić information content (AvgIpc) is 3.13. The van der Waals surface area contributed by atoms with Crippen LogP contribution >= 0.6 is 11.3 Å². The second-order valence-electron chi connectivity index (χ2n) is 6.66. The fraction of sp³-hybridized carbons (Fsp3) is 0.350. The van der Waals surface area contributed by atoms with Crippen LogP contribution in [0.3, 0.4) is 0 Å². The number of aromatic nitrogens is 2. The van der Waals surface area contributed by atoms with E-state index in [4.69, 9.17) is 0 Å². The van der Waals surface area contributed by atoms with Crippen molar-refractivity contribution >= 4 is 39.0 Å². The summed E-state index contributed by atoms with van der Waals surface area (Å²) in [6.45, 7) is 6.00. The zero-order valence-corrected chi connectivity index (χ0v) is 16.2. The van der Waals surface area contributed by atoms with Crippen molar-refractivity contribution in [3.63, 3.8) is 0 Å². The molecule has 0 unspecified atom stereocenters. The normalized spacial score (nSPS) is 15.2. The van der Waals surface area contributed by atoms with E-state index in [0.29, 0.717) is 6.54 Å². The van der Waals surface area contributed by atoms with E-state index in [1.165, 1.54) is 4.88 Å². The fourth-order valence-electron chi connectivity index (χ4n) is 3.36. The molecule has 0 aliphatic carbocycles. The molecule has 4 rings (SSSR count). The number of hydrogen-bond donors (Lipinski definition) is 1. The molecular formula is C20H23N5OS. The maximum absolute atomic E-state index is 12.3. The van der Waals surface area contributed by atoms with E-state index in [9.17, 15) is 4.79 Å². The summed E-state index contributed by atoms with van der Waals surface area (Å²) in [7, 11) is 0. The molecule has 7 heteroatoms. The Morgan fingerprint density at radius 3 is 2.67 bits per heavy atom. The first-order valence-corrected chi connectivity index (χ1v) is 10.1. The Labute approximate surface area is 162 Å². The number of carbonyl (C=O) groups excluding carboxylic acids is 1. The lowest BCUT2D eigenvalue weighted by molar-refractivity contribution is -0.117. The van der Waals surface area contributed by atoms with Gasteiger partial charge in [0.15, 0.2) is 0 Å². The van der Waals surface area contributed by atoms with Crippen LogP contribution in [0.5, 0.6) is 0 Å². The van der Waals surface area contributed by atoms with Crippen LogP contribution in [0.15, 0.2) is 42.7 Å². The molecule has 1 aliphatic heterocycles. The topological polar surface area (TPSA) is 61.4 Å². The molecule has 1 N–H and O–H groups in total. The number of thiophene rings is 1. The summed E-state index contributed by atoms with van der Waals surface area (Å²) < 4.78 is 0. The van der Waals surface area contributed by atoms with Crippen LogP contribution in [0.25, 0.3) is 10.2 Å². The highest BCUT2D eigenvalue weighted by Crippen LogP contribution is 2.30. The summed E-state index contributed by atoms with van der Waals surface area (Å²) in [6, 6.07) is 11.8. The summed E-state index contributed by atoms with van der Waals surface area (Å²) in [4.78, 5) is 28.1. The summed E-state index contributed by atoms with van der Waals surface area (Å²) in [6.07, 6.45) is 2.68. The molecule has 6 nitrogen and oxygen atoms in total. The number of fused-ring (bicyclic) bond motifs is 1. The molecule has 0 saturated carbocycles. The van der Waals surface area contributed by atoms with Gasteiger partial charge in [0.1, 0.15) is 17.0 Å². The van der Waals surface area contributed by atoms with Gasteiger partial charge >= 0.3 is 0 Å². The van der Waals surface area contributed by atoms with Gasteiger partial charge in [0.25, 0.3) is 0 Å². The third-order valence-electron chi connectivity index (χ3n) is 4.80. The van der Waals surface area contributed by atoms with Crippen molar-refractivity contribution in [1.82, 2.24) is 14.9 Å². The van der Waals surface area contributed by atoms with Crippen molar-refractivity contribution in [2.24, 2.45) is 0 Å². The number of nitrogens with one attached hydrogen (secondary N) is 1. The summed E-state index contributed by atoms with van der Waals surface area (Å²) >= 11 is 1.74. The van der Waals surface area contributed by atoms with Crippen molar-refractivity contribution in [3.05, 3.63) is 47.6 Å². The maximum atomic E-state index is 12.3. The Bertz CT molecular complexity index is 919. The molecule has 1 aliphatic rings. The first-order chi connectivity index (χ1) is 13.2. The van der Waals surface area contributed by atoms with Crippen molar-refractivity contribution < 1.29 is 4.79 Å². The number of rotatable bonds is 5. The van der Waals surface area contributed by atoms with E-state index in [1.54, 1.807) is 17.7 Å². The van der Waals surface area contributed by atoms with E-state index in [0.717, 1.165) is 54.3 Å². The monoisotopic (exact) mass is 381 g/mol. The van der Waals surface area contributed by atoms with E-state index >= 15 is 0 Å². The second-order valence-corrected chi connectivity index (χ2v) is 7.77. The molecule has 1 fully saturated rings. The van der Waals surface area contributed by atoms with Gasteiger partial charge in [-0.25, -0.2) is 9.97 Å². The number of benzene rings is 1. The van der Waals surface area contributed by atoms with Gasteiger partial charge in [0.2, 0.25) is 5.91 Å². The second kappa shape index (κ2) is 8.02. The minimum Gasteiger partial charge on any atom is -0.353 e. The van der Waals surface area contributed by atoms with E-state index in [1.807, 2.05) is 30.3 Å². The van der Waals surface area contributed by atoms with Gasteiger partial charge in [0, 0.05) is 36.7 Å². The van der Waals surface area contributed by atoms with Crippen LogP contribution in [-0.2, 0) is 11.2 Å². The lowest BCUT2D eigenvalue weighted by atomic mass is 10.2. The highest BCUT2D eigenvalue weighted by Gasteiger charge is 2.22. The van der Waals surface area contributed by atoms with Crippen LogP contribution in [0.4, 0.5) is 11.5 Å². The lowest BCUT2D eigenvalue weighted by Crippen LogP contribution is -2.49. The first kappa shape index (κ1) is 17.9.